The summed E-state index contributed by atoms with van der Waals surface area (Å²) in [6.45, 7) is 24.5. The molecule has 0 nitrogen and oxygen atoms in total. The van der Waals surface area contributed by atoms with E-state index < -0.39 is 15.8 Å². The molecular formula is C65H74Cl2P2Ru. The molecule has 0 aliphatic rings. The standard InChI is InChI=1S/C52H48P2.C10H14.3CH4.2ClH.Ru/c1-33-21-34(2)26-43(25-33)53(44-27-35(3)22-36(4)28-44)49-19-17-41-13-9-11-15-47(41)51(49)52-48-16-12-10-14-42(48)18-20-50(52)54(45-29-37(5)23-38(6)30-45)46-31-39(7)24-40(8)32-46;1-8(2)10-6-4-9(3)5-7-10;;;;;;/h9-32H,1-8H3;4-8H,1-3H3;3*1H4;2*1H;/q;;;;;;;+2/p-2. The number of hydrogen-bond acceptors (Lipinski definition) is 0. The summed E-state index contributed by atoms with van der Waals surface area (Å²) < 4.78 is 0. The van der Waals surface area contributed by atoms with Crippen LogP contribution in [0.1, 0.15) is 97.7 Å². The third kappa shape index (κ3) is 13.9. The van der Waals surface area contributed by atoms with Crippen molar-refractivity contribution in [3.63, 3.8) is 0 Å². The number of hydrogen-bond donors (Lipinski definition) is 0. The summed E-state index contributed by atoms with van der Waals surface area (Å²) in [5, 5.41) is 13.6. The summed E-state index contributed by atoms with van der Waals surface area (Å²) >= 11 is 0. The Labute approximate surface area is 451 Å². The summed E-state index contributed by atoms with van der Waals surface area (Å²) in [5.41, 5.74) is 16.0. The van der Waals surface area contributed by atoms with Gasteiger partial charge in [0, 0.05) is 0 Å². The van der Waals surface area contributed by atoms with Crippen LogP contribution in [0.15, 0.2) is 170 Å². The second-order valence-corrected chi connectivity index (χ2v) is 22.9. The summed E-state index contributed by atoms with van der Waals surface area (Å²) in [6, 6.07) is 65.3. The molecule has 9 rings (SSSR count). The zero-order valence-electron chi connectivity index (χ0n) is 40.7. The van der Waals surface area contributed by atoms with Gasteiger partial charge >= 0.3 is 19.5 Å². The summed E-state index contributed by atoms with van der Waals surface area (Å²) in [6.07, 6.45) is 0. The maximum atomic E-state index is 2.47. The number of aryl methyl sites for hydroxylation is 9. The fraction of sp³-hybridized carbons (Fsp3) is 0.231. The van der Waals surface area contributed by atoms with Gasteiger partial charge in [-0.3, -0.25) is 0 Å². The predicted octanol–water partition coefficient (Wildman–Crippen LogP) is 10.7. The third-order valence-electron chi connectivity index (χ3n) is 12.1. The first-order valence-electron chi connectivity index (χ1n) is 22.8. The minimum Gasteiger partial charge on any atom is -1.00 e. The molecule has 0 saturated heterocycles. The molecule has 0 atom stereocenters. The van der Waals surface area contributed by atoms with E-state index in [4.69, 9.17) is 0 Å². The van der Waals surface area contributed by atoms with Gasteiger partial charge in [0.15, 0.2) is 0 Å². The Bertz CT molecular complexity index is 2780. The Hall–Kier alpha value is -4.44. The summed E-state index contributed by atoms with van der Waals surface area (Å²) in [4.78, 5) is 0. The van der Waals surface area contributed by atoms with Crippen molar-refractivity contribution in [2.75, 3.05) is 0 Å². The van der Waals surface area contributed by atoms with E-state index in [9.17, 15) is 0 Å². The minimum atomic E-state index is -0.937. The Kier molecular flexibility index (Phi) is 23.7. The van der Waals surface area contributed by atoms with E-state index in [1.807, 2.05) is 0 Å². The van der Waals surface area contributed by atoms with Gasteiger partial charge < -0.3 is 24.8 Å². The molecule has 9 aromatic rings. The van der Waals surface area contributed by atoms with Crippen molar-refractivity contribution < 1.29 is 44.3 Å². The van der Waals surface area contributed by atoms with Crippen molar-refractivity contribution in [3.8, 4) is 11.1 Å². The van der Waals surface area contributed by atoms with Crippen LogP contribution in [-0.4, -0.2) is 0 Å². The molecule has 0 bridgehead atoms. The topological polar surface area (TPSA) is 0 Å². The van der Waals surface area contributed by atoms with Gasteiger partial charge in [-0.15, -0.1) is 0 Å². The van der Waals surface area contributed by atoms with Gasteiger partial charge in [0.2, 0.25) is 0 Å². The maximum Gasteiger partial charge on any atom is 2.00 e. The Balaban J connectivity index is 0.000000942. The maximum absolute atomic E-state index is 2.47. The monoisotopic (exact) mass is 1090 g/mol. The first-order chi connectivity index (χ1) is 30.7. The second kappa shape index (κ2) is 26.9. The molecular weight excluding hydrogens is 1010 g/mol. The molecule has 0 radical (unpaired) electrons. The van der Waals surface area contributed by atoms with E-state index in [1.165, 1.54) is 120 Å². The molecule has 0 fully saturated rings. The van der Waals surface area contributed by atoms with Crippen molar-refractivity contribution >= 4 is 69.2 Å². The van der Waals surface area contributed by atoms with Crippen LogP contribution in [0, 0.1) is 62.3 Å². The first kappa shape index (κ1) is 61.7. The van der Waals surface area contributed by atoms with Crippen LogP contribution in [-0.2, 0) is 19.5 Å². The number of benzene rings is 9. The Morgan fingerprint density at radius 1 is 0.314 bits per heavy atom. The summed E-state index contributed by atoms with van der Waals surface area (Å²) in [7, 11) is -1.87. The molecule has 0 heterocycles. The molecule has 0 aromatic heterocycles. The zero-order chi connectivity index (χ0) is 45.2. The van der Waals surface area contributed by atoms with E-state index in [1.54, 1.807) is 0 Å². The molecule has 5 heteroatoms. The van der Waals surface area contributed by atoms with Crippen LogP contribution in [0.3, 0.4) is 0 Å². The van der Waals surface area contributed by atoms with Gasteiger partial charge in [-0.25, -0.2) is 0 Å². The molecule has 0 saturated carbocycles. The van der Waals surface area contributed by atoms with Crippen LogP contribution >= 0.6 is 15.8 Å². The molecule has 0 N–H and O–H groups in total. The molecule has 0 aliphatic carbocycles. The van der Waals surface area contributed by atoms with Crippen LogP contribution in [0.2, 0.25) is 0 Å². The summed E-state index contributed by atoms with van der Waals surface area (Å²) in [5.74, 6) is 0.653. The molecule has 0 unspecified atom stereocenters. The van der Waals surface area contributed by atoms with E-state index in [0.717, 1.165) is 0 Å². The van der Waals surface area contributed by atoms with Crippen molar-refractivity contribution in [3.05, 3.63) is 225 Å². The van der Waals surface area contributed by atoms with Crippen LogP contribution in [0.25, 0.3) is 32.7 Å². The van der Waals surface area contributed by atoms with Gasteiger partial charge in [0.1, 0.15) is 0 Å². The fourth-order valence-corrected chi connectivity index (χ4v) is 15.3. The van der Waals surface area contributed by atoms with E-state index in [-0.39, 0.29) is 66.6 Å². The largest absolute Gasteiger partial charge is 2.00 e. The van der Waals surface area contributed by atoms with E-state index in [2.05, 4.69) is 246 Å². The number of rotatable bonds is 8. The van der Waals surface area contributed by atoms with Crippen molar-refractivity contribution in [1.29, 1.82) is 0 Å². The average Bonchev–Trinajstić information content (AvgIpc) is 3.23. The number of fused-ring (bicyclic) bond motifs is 2. The zero-order valence-corrected chi connectivity index (χ0v) is 45.8. The van der Waals surface area contributed by atoms with Crippen molar-refractivity contribution in [2.24, 2.45) is 0 Å². The average molecular weight is 1090 g/mol. The van der Waals surface area contributed by atoms with Gasteiger partial charge in [-0.05, 0) is 154 Å². The van der Waals surface area contributed by atoms with Crippen LogP contribution in [0.4, 0.5) is 0 Å². The smallest absolute Gasteiger partial charge is 1.00 e. The van der Waals surface area contributed by atoms with Crippen LogP contribution < -0.4 is 56.6 Å². The Morgan fingerprint density at radius 3 is 0.857 bits per heavy atom. The first-order valence-corrected chi connectivity index (χ1v) is 25.4. The second-order valence-electron chi connectivity index (χ2n) is 18.5. The molecule has 9 aromatic carbocycles. The number of halogens is 2. The van der Waals surface area contributed by atoms with Crippen molar-refractivity contribution in [1.82, 2.24) is 0 Å². The third-order valence-corrected chi connectivity index (χ3v) is 17.0. The molecule has 0 amide bonds. The van der Waals surface area contributed by atoms with Crippen LogP contribution in [0.5, 0.6) is 0 Å². The quantitative estimate of drug-likeness (QED) is 0.105. The SMILES string of the molecule is C.C.C.Cc1cc(C)cc(P(c2cc(C)cc(C)c2)c2ccc3ccccc3c2-c2c(P(c3cc(C)cc(C)c3)c3cc(C)cc(C)c3)ccc3ccccc23)c1.Cc1ccc(C(C)C)cc1.[Cl-].[Cl-].[Ru+2]. The van der Waals surface area contributed by atoms with E-state index >= 15 is 0 Å². The minimum absolute atomic E-state index is 0. The van der Waals surface area contributed by atoms with Gasteiger partial charge in [0.05, 0.1) is 0 Å². The molecule has 0 aliphatic heterocycles. The van der Waals surface area contributed by atoms with Gasteiger partial charge in [-0.2, -0.15) is 0 Å². The molecule has 0 spiro atoms. The molecule has 366 valence electrons. The fourth-order valence-electron chi connectivity index (χ4n) is 9.54. The molecule has 70 heavy (non-hydrogen) atoms. The Morgan fingerprint density at radius 2 is 0.586 bits per heavy atom. The normalized spacial score (nSPS) is 10.5. The van der Waals surface area contributed by atoms with Crippen molar-refractivity contribution in [2.45, 2.75) is 104 Å². The van der Waals surface area contributed by atoms with E-state index in [0.29, 0.717) is 5.92 Å². The van der Waals surface area contributed by atoms with Gasteiger partial charge in [-0.1, -0.05) is 256 Å². The predicted molar refractivity (Wildman–Crippen MR) is 308 cm³/mol. The van der Waals surface area contributed by atoms with Gasteiger partial charge in [0.25, 0.3) is 0 Å².